The molecule has 6 nitrogen and oxygen atoms in total. The number of nitrogens with one attached hydrogen (secondary N) is 2. The number of carbonyl (C=O) groups is 1. The van der Waals surface area contributed by atoms with Crippen molar-refractivity contribution < 1.29 is 9.90 Å². The molecular formula is C18H26N4O2. The zero-order valence-electron chi connectivity index (χ0n) is 14.5. The molecule has 0 bridgehead atoms. The molecule has 0 aliphatic heterocycles. The fourth-order valence-electron chi connectivity index (χ4n) is 2.65. The fourth-order valence-corrected chi connectivity index (χ4v) is 2.65. The molecule has 1 atom stereocenters. The van der Waals surface area contributed by atoms with Gasteiger partial charge in [-0.1, -0.05) is 24.3 Å². The van der Waals surface area contributed by atoms with Crippen molar-refractivity contribution in [1.29, 1.82) is 0 Å². The highest BCUT2D eigenvalue weighted by Gasteiger charge is 2.11. The van der Waals surface area contributed by atoms with E-state index in [0.717, 1.165) is 35.5 Å². The maximum absolute atomic E-state index is 11.8. The number of nitrogens with zero attached hydrogens (tertiary/aromatic N) is 2. The molecule has 0 saturated heterocycles. The van der Waals surface area contributed by atoms with Crippen LogP contribution >= 0.6 is 0 Å². The van der Waals surface area contributed by atoms with Gasteiger partial charge in [0.1, 0.15) is 0 Å². The summed E-state index contributed by atoms with van der Waals surface area (Å²) >= 11 is 0. The molecule has 2 amide bonds. The number of hydrogen-bond acceptors (Lipinski definition) is 3. The molecule has 24 heavy (non-hydrogen) atoms. The van der Waals surface area contributed by atoms with E-state index in [2.05, 4.69) is 15.7 Å². The minimum atomic E-state index is -0.702. The summed E-state index contributed by atoms with van der Waals surface area (Å²) < 4.78 is 1.94. The van der Waals surface area contributed by atoms with Crippen LogP contribution in [0, 0.1) is 20.8 Å². The normalized spacial score (nSPS) is 12.0. The van der Waals surface area contributed by atoms with E-state index in [4.69, 9.17) is 0 Å². The zero-order chi connectivity index (χ0) is 17.5. The van der Waals surface area contributed by atoms with Gasteiger partial charge in [0.05, 0.1) is 11.8 Å². The average Bonchev–Trinajstić information content (AvgIpc) is 2.87. The highest BCUT2D eigenvalue weighted by Crippen LogP contribution is 2.16. The molecule has 1 unspecified atom stereocenters. The van der Waals surface area contributed by atoms with Gasteiger partial charge in [0, 0.05) is 25.3 Å². The number of hydrogen-bond donors (Lipinski definition) is 3. The first kappa shape index (κ1) is 18.0. The Hall–Kier alpha value is -2.34. The quantitative estimate of drug-likeness (QED) is 0.681. The van der Waals surface area contributed by atoms with Gasteiger partial charge in [-0.3, -0.25) is 4.68 Å². The summed E-state index contributed by atoms with van der Waals surface area (Å²) in [5.74, 6) is 0. The topological polar surface area (TPSA) is 79.2 Å². The average molecular weight is 330 g/mol. The van der Waals surface area contributed by atoms with Gasteiger partial charge < -0.3 is 15.7 Å². The first-order chi connectivity index (χ1) is 11.5. The van der Waals surface area contributed by atoms with Gasteiger partial charge in [-0.05, 0) is 44.4 Å². The van der Waals surface area contributed by atoms with Gasteiger partial charge in [-0.15, -0.1) is 0 Å². The smallest absolute Gasteiger partial charge is 0.314 e. The molecule has 1 heterocycles. The first-order valence-electron chi connectivity index (χ1n) is 8.23. The molecule has 0 saturated carbocycles. The van der Waals surface area contributed by atoms with Crippen molar-refractivity contribution in [2.24, 2.45) is 0 Å². The number of aryl methyl sites for hydroxylation is 4. The predicted octanol–water partition coefficient (Wildman–Crippen LogP) is 2.23. The molecule has 1 aromatic carbocycles. The van der Waals surface area contributed by atoms with E-state index in [-0.39, 0.29) is 12.6 Å². The molecule has 2 rings (SSSR count). The largest absolute Gasteiger partial charge is 0.387 e. The standard InChI is InChI=1S/C18H26N4O2/c1-13-7-4-5-8-16(13)17(23)12-20-18(24)19-9-6-10-22-15(3)11-14(2)21-22/h4-5,7-8,11,17,23H,6,9-10,12H2,1-3H3,(H2,19,20,24). The molecule has 0 radical (unpaired) electrons. The fraction of sp³-hybridized carbons (Fsp3) is 0.444. The van der Waals surface area contributed by atoms with Crippen LogP contribution in [-0.2, 0) is 6.54 Å². The van der Waals surface area contributed by atoms with E-state index in [9.17, 15) is 9.90 Å². The highest BCUT2D eigenvalue weighted by molar-refractivity contribution is 5.73. The lowest BCUT2D eigenvalue weighted by atomic mass is 10.0. The Kier molecular flexibility index (Phi) is 6.37. The SMILES string of the molecule is Cc1cc(C)n(CCCNC(=O)NCC(O)c2ccccc2C)n1. The van der Waals surface area contributed by atoms with Gasteiger partial charge >= 0.3 is 6.03 Å². The second-order valence-corrected chi connectivity index (χ2v) is 6.01. The summed E-state index contributed by atoms with van der Waals surface area (Å²) in [5, 5.41) is 20.0. The third kappa shape index (κ3) is 5.09. The summed E-state index contributed by atoms with van der Waals surface area (Å²) in [4.78, 5) is 11.8. The van der Waals surface area contributed by atoms with Crippen LogP contribution in [0.2, 0.25) is 0 Å². The second kappa shape index (κ2) is 8.49. The molecule has 130 valence electrons. The Morgan fingerprint density at radius 2 is 2.00 bits per heavy atom. The summed E-state index contributed by atoms with van der Waals surface area (Å²) in [5.41, 5.74) is 3.97. The maximum atomic E-state index is 11.8. The Balaban J connectivity index is 1.66. The molecule has 0 spiro atoms. The van der Waals surface area contributed by atoms with Crippen LogP contribution in [0.15, 0.2) is 30.3 Å². The lowest BCUT2D eigenvalue weighted by Gasteiger charge is -2.15. The van der Waals surface area contributed by atoms with E-state index >= 15 is 0 Å². The Morgan fingerprint density at radius 3 is 2.67 bits per heavy atom. The molecule has 2 aromatic rings. The number of aromatic nitrogens is 2. The van der Waals surface area contributed by atoms with E-state index in [1.54, 1.807) is 0 Å². The van der Waals surface area contributed by atoms with E-state index in [1.165, 1.54) is 0 Å². The number of amides is 2. The van der Waals surface area contributed by atoms with Crippen LogP contribution in [0.1, 0.15) is 35.0 Å². The third-order valence-electron chi connectivity index (χ3n) is 3.94. The summed E-state index contributed by atoms with van der Waals surface area (Å²) in [6.07, 6.45) is 0.0991. The van der Waals surface area contributed by atoms with Crippen molar-refractivity contribution in [3.05, 3.63) is 52.8 Å². The molecule has 0 aliphatic carbocycles. The molecule has 3 N–H and O–H groups in total. The van der Waals surface area contributed by atoms with Crippen LogP contribution < -0.4 is 10.6 Å². The van der Waals surface area contributed by atoms with E-state index in [0.29, 0.717) is 6.54 Å². The molecule has 0 aliphatic rings. The van der Waals surface area contributed by atoms with Crippen LogP contribution in [0.3, 0.4) is 0 Å². The molecule has 0 fully saturated rings. The van der Waals surface area contributed by atoms with Crippen molar-refractivity contribution >= 4 is 6.03 Å². The van der Waals surface area contributed by atoms with Gasteiger partial charge in [0.2, 0.25) is 0 Å². The minimum Gasteiger partial charge on any atom is -0.387 e. The van der Waals surface area contributed by atoms with E-state index < -0.39 is 6.10 Å². The van der Waals surface area contributed by atoms with Crippen molar-refractivity contribution in [3.8, 4) is 0 Å². The van der Waals surface area contributed by atoms with Crippen molar-refractivity contribution in [1.82, 2.24) is 20.4 Å². The number of aliphatic hydroxyl groups is 1. The number of carbonyl (C=O) groups excluding carboxylic acids is 1. The Labute approximate surface area is 142 Å². The summed E-state index contributed by atoms with van der Waals surface area (Å²) in [7, 11) is 0. The molecule has 1 aromatic heterocycles. The van der Waals surface area contributed by atoms with Crippen LogP contribution in [0.4, 0.5) is 4.79 Å². The third-order valence-corrected chi connectivity index (χ3v) is 3.94. The van der Waals surface area contributed by atoms with Crippen LogP contribution in [0.25, 0.3) is 0 Å². The van der Waals surface area contributed by atoms with E-state index in [1.807, 2.05) is 55.8 Å². The van der Waals surface area contributed by atoms with Gasteiger partial charge in [-0.2, -0.15) is 5.10 Å². The number of rotatable bonds is 7. The second-order valence-electron chi connectivity index (χ2n) is 6.01. The first-order valence-corrected chi connectivity index (χ1v) is 8.23. The summed E-state index contributed by atoms with van der Waals surface area (Å²) in [6.45, 7) is 7.45. The number of benzene rings is 1. The van der Waals surface area contributed by atoms with Crippen molar-refractivity contribution in [2.45, 2.75) is 39.8 Å². The predicted molar refractivity (Wildman–Crippen MR) is 93.9 cm³/mol. The van der Waals surface area contributed by atoms with Crippen LogP contribution in [-0.4, -0.2) is 34.0 Å². The monoisotopic (exact) mass is 330 g/mol. The Morgan fingerprint density at radius 1 is 1.25 bits per heavy atom. The molecular weight excluding hydrogens is 304 g/mol. The van der Waals surface area contributed by atoms with Gasteiger partial charge in [-0.25, -0.2) is 4.79 Å². The number of aliphatic hydroxyl groups excluding tert-OH is 1. The van der Waals surface area contributed by atoms with Gasteiger partial charge in [0.15, 0.2) is 0 Å². The van der Waals surface area contributed by atoms with Crippen molar-refractivity contribution in [3.63, 3.8) is 0 Å². The zero-order valence-corrected chi connectivity index (χ0v) is 14.5. The molecule has 6 heteroatoms. The number of urea groups is 1. The highest BCUT2D eigenvalue weighted by atomic mass is 16.3. The van der Waals surface area contributed by atoms with Crippen LogP contribution in [0.5, 0.6) is 0 Å². The lowest BCUT2D eigenvalue weighted by molar-refractivity contribution is 0.172. The maximum Gasteiger partial charge on any atom is 0.314 e. The minimum absolute atomic E-state index is 0.189. The summed E-state index contributed by atoms with van der Waals surface area (Å²) in [6, 6.07) is 9.38. The Bertz CT molecular complexity index is 681. The lowest BCUT2D eigenvalue weighted by Crippen LogP contribution is -2.38. The van der Waals surface area contributed by atoms with Crippen molar-refractivity contribution in [2.75, 3.05) is 13.1 Å². The van der Waals surface area contributed by atoms with Gasteiger partial charge in [0.25, 0.3) is 0 Å².